The van der Waals surface area contributed by atoms with Crippen molar-refractivity contribution >= 4 is 33.4 Å². The molecule has 102 valence electrons. The molecule has 2 N–H and O–H groups in total. The Labute approximate surface area is 126 Å². The minimum absolute atomic E-state index is 0.175. The Kier molecular flexibility index (Phi) is 4.20. The molecule has 0 bridgehead atoms. The van der Waals surface area contributed by atoms with Gasteiger partial charge in [0.25, 0.3) is 0 Å². The van der Waals surface area contributed by atoms with Crippen LogP contribution in [0, 0.1) is 11.3 Å². The van der Waals surface area contributed by atoms with Gasteiger partial charge in [0.2, 0.25) is 5.95 Å². The fourth-order valence-electron chi connectivity index (χ4n) is 1.94. The van der Waals surface area contributed by atoms with Crippen LogP contribution in [0.3, 0.4) is 0 Å². The Bertz CT molecular complexity index is 663. The highest BCUT2D eigenvalue weighted by molar-refractivity contribution is 9.10. The Balaban J connectivity index is 2.52. The predicted molar refractivity (Wildman–Crippen MR) is 82.6 cm³/mol. The van der Waals surface area contributed by atoms with Crippen LogP contribution in [-0.2, 0) is 0 Å². The number of rotatable bonds is 3. The van der Waals surface area contributed by atoms with E-state index in [2.05, 4.69) is 45.8 Å². The minimum Gasteiger partial charge on any atom is -0.368 e. The Morgan fingerprint density at radius 1 is 1.35 bits per heavy atom. The van der Waals surface area contributed by atoms with Gasteiger partial charge in [0.05, 0.1) is 17.3 Å². The summed E-state index contributed by atoms with van der Waals surface area (Å²) < 4.78 is 0.836. The summed E-state index contributed by atoms with van der Waals surface area (Å²) in [7, 11) is 0. The number of hydrogen-bond acceptors (Lipinski definition) is 5. The third kappa shape index (κ3) is 2.89. The zero-order valence-electron chi connectivity index (χ0n) is 11.2. The molecule has 0 saturated heterocycles. The van der Waals surface area contributed by atoms with E-state index in [0.29, 0.717) is 5.56 Å². The Hall–Kier alpha value is -2.13. The van der Waals surface area contributed by atoms with E-state index < -0.39 is 0 Å². The lowest BCUT2D eigenvalue weighted by Gasteiger charge is -2.29. The second-order valence-corrected chi connectivity index (χ2v) is 5.37. The van der Waals surface area contributed by atoms with E-state index in [-0.39, 0.29) is 12.0 Å². The molecule has 0 fully saturated rings. The van der Waals surface area contributed by atoms with Crippen molar-refractivity contribution in [3.8, 4) is 6.07 Å². The fourth-order valence-corrected chi connectivity index (χ4v) is 2.51. The van der Waals surface area contributed by atoms with Crippen molar-refractivity contribution in [2.75, 3.05) is 10.6 Å². The molecule has 1 aromatic heterocycles. The molecule has 2 aromatic rings. The third-order valence-corrected chi connectivity index (χ3v) is 3.39. The van der Waals surface area contributed by atoms with Gasteiger partial charge in [-0.05, 0) is 54.0 Å². The Morgan fingerprint density at radius 3 is 2.65 bits per heavy atom. The van der Waals surface area contributed by atoms with E-state index >= 15 is 0 Å². The van der Waals surface area contributed by atoms with Crippen LogP contribution >= 0.6 is 15.9 Å². The fraction of sp³-hybridized carbons (Fsp3) is 0.214. The van der Waals surface area contributed by atoms with Gasteiger partial charge in [-0.2, -0.15) is 10.2 Å². The van der Waals surface area contributed by atoms with Gasteiger partial charge in [-0.3, -0.25) is 0 Å². The largest absolute Gasteiger partial charge is 0.368 e. The molecule has 6 heteroatoms. The van der Waals surface area contributed by atoms with Gasteiger partial charge in [-0.15, -0.1) is 0 Å². The summed E-state index contributed by atoms with van der Waals surface area (Å²) in [4.78, 5) is 10.2. The number of anilines is 3. The summed E-state index contributed by atoms with van der Waals surface area (Å²) in [6.45, 7) is 4.12. The minimum atomic E-state index is 0.175. The van der Waals surface area contributed by atoms with E-state index in [1.54, 1.807) is 24.4 Å². The topological polar surface area (TPSA) is 78.8 Å². The van der Waals surface area contributed by atoms with E-state index in [1.165, 1.54) is 0 Å². The molecular formula is C14H14BrN5. The summed E-state index contributed by atoms with van der Waals surface area (Å²) in [5, 5.41) is 8.93. The number of nitrogen functional groups attached to an aromatic ring is 1. The SMILES string of the molecule is CC(C)N(c1ccnc(N)n1)c1ccc(C#N)cc1Br. The molecule has 0 atom stereocenters. The molecule has 0 saturated carbocycles. The molecule has 0 amide bonds. The summed E-state index contributed by atoms with van der Waals surface area (Å²) in [6.07, 6.45) is 1.63. The summed E-state index contributed by atoms with van der Waals surface area (Å²) in [6, 6.07) is 9.55. The van der Waals surface area contributed by atoms with Crippen LogP contribution in [0.5, 0.6) is 0 Å². The number of aromatic nitrogens is 2. The molecular weight excluding hydrogens is 318 g/mol. The third-order valence-electron chi connectivity index (χ3n) is 2.76. The number of hydrogen-bond donors (Lipinski definition) is 1. The average Bonchev–Trinajstić information content (AvgIpc) is 2.40. The van der Waals surface area contributed by atoms with Crippen LogP contribution in [0.25, 0.3) is 0 Å². The molecule has 2 rings (SSSR count). The first kappa shape index (κ1) is 14.3. The first-order chi connectivity index (χ1) is 9.52. The van der Waals surface area contributed by atoms with Crippen LogP contribution < -0.4 is 10.6 Å². The number of halogens is 1. The second kappa shape index (κ2) is 5.88. The van der Waals surface area contributed by atoms with Gasteiger partial charge in [0.15, 0.2) is 0 Å². The number of nitriles is 1. The zero-order chi connectivity index (χ0) is 14.7. The maximum absolute atomic E-state index is 8.93. The second-order valence-electron chi connectivity index (χ2n) is 4.51. The summed E-state index contributed by atoms with van der Waals surface area (Å²) >= 11 is 3.51. The average molecular weight is 332 g/mol. The molecule has 1 heterocycles. The van der Waals surface area contributed by atoms with Crippen molar-refractivity contribution < 1.29 is 0 Å². The lowest BCUT2D eigenvalue weighted by atomic mass is 10.2. The lowest BCUT2D eigenvalue weighted by Crippen LogP contribution is -2.27. The van der Waals surface area contributed by atoms with E-state index in [9.17, 15) is 0 Å². The molecule has 5 nitrogen and oxygen atoms in total. The molecule has 20 heavy (non-hydrogen) atoms. The van der Waals surface area contributed by atoms with Crippen molar-refractivity contribution in [3.63, 3.8) is 0 Å². The summed E-state index contributed by atoms with van der Waals surface area (Å²) in [5.41, 5.74) is 7.19. The van der Waals surface area contributed by atoms with Gasteiger partial charge < -0.3 is 10.6 Å². The van der Waals surface area contributed by atoms with Crippen LogP contribution in [0.4, 0.5) is 17.5 Å². The number of nitrogens with two attached hydrogens (primary N) is 1. The van der Waals surface area contributed by atoms with Gasteiger partial charge in [-0.25, -0.2) is 4.98 Å². The van der Waals surface area contributed by atoms with Crippen LogP contribution in [-0.4, -0.2) is 16.0 Å². The van der Waals surface area contributed by atoms with Crippen molar-refractivity contribution in [1.29, 1.82) is 5.26 Å². The maximum Gasteiger partial charge on any atom is 0.221 e. The first-order valence-corrected chi connectivity index (χ1v) is 6.89. The van der Waals surface area contributed by atoms with Crippen LogP contribution in [0.2, 0.25) is 0 Å². The molecule has 0 spiro atoms. The van der Waals surface area contributed by atoms with Gasteiger partial charge in [0.1, 0.15) is 5.82 Å². The van der Waals surface area contributed by atoms with Gasteiger partial charge >= 0.3 is 0 Å². The number of benzene rings is 1. The predicted octanol–water partition coefficient (Wildman–Crippen LogP) is 3.24. The summed E-state index contributed by atoms with van der Waals surface area (Å²) in [5.74, 6) is 0.954. The van der Waals surface area contributed by atoms with E-state index in [1.807, 2.05) is 11.0 Å². The van der Waals surface area contributed by atoms with Gasteiger partial charge in [0, 0.05) is 16.7 Å². The van der Waals surface area contributed by atoms with E-state index in [4.69, 9.17) is 11.0 Å². The first-order valence-electron chi connectivity index (χ1n) is 6.10. The highest BCUT2D eigenvalue weighted by Gasteiger charge is 2.17. The molecule has 0 aliphatic rings. The zero-order valence-corrected chi connectivity index (χ0v) is 12.8. The quantitative estimate of drug-likeness (QED) is 0.933. The smallest absolute Gasteiger partial charge is 0.221 e. The number of nitrogens with zero attached hydrogens (tertiary/aromatic N) is 4. The highest BCUT2D eigenvalue weighted by atomic mass is 79.9. The van der Waals surface area contributed by atoms with Crippen LogP contribution in [0.15, 0.2) is 34.9 Å². The molecule has 0 aliphatic carbocycles. The van der Waals surface area contributed by atoms with Gasteiger partial charge in [-0.1, -0.05) is 0 Å². The molecule has 0 radical (unpaired) electrons. The van der Waals surface area contributed by atoms with Crippen molar-refractivity contribution in [2.24, 2.45) is 0 Å². The Morgan fingerprint density at radius 2 is 2.10 bits per heavy atom. The lowest BCUT2D eigenvalue weighted by molar-refractivity contribution is 0.775. The van der Waals surface area contributed by atoms with Crippen molar-refractivity contribution in [2.45, 2.75) is 19.9 Å². The normalized spacial score (nSPS) is 10.3. The molecule has 0 unspecified atom stereocenters. The molecule has 0 aliphatic heterocycles. The maximum atomic E-state index is 8.93. The van der Waals surface area contributed by atoms with Crippen LogP contribution in [0.1, 0.15) is 19.4 Å². The molecule has 1 aromatic carbocycles. The monoisotopic (exact) mass is 331 g/mol. The van der Waals surface area contributed by atoms with Crippen molar-refractivity contribution in [3.05, 3.63) is 40.5 Å². The standard InChI is InChI=1S/C14H14BrN5/c1-9(2)20(13-5-6-18-14(17)19-13)12-4-3-10(8-16)7-11(12)15/h3-7,9H,1-2H3,(H2,17,18,19). The van der Waals surface area contributed by atoms with Crippen molar-refractivity contribution in [1.82, 2.24) is 9.97 Å². The highest BCUT2D eigenvalue weighted by Crippen LogP contribution is 2.33. The van der Waals surface area contributed by atoms with E-state index in [0.717, 1.165) is 16.0 Å².